The molecule has 1 saturated heterocycles. The van der Waals surface area contributed by atoms with Crippen LogP contribution in [0.5, 0.6) is 0 Å². The number of carbonyl (C=O) groups is 1. The largest absolute Gasteiger partial charge is 0.461 e. The lowest BCUT2D eigenvalue weighted by molar-refractivity contribution is -0.0269. The summed E-state index contributed by atoms with van der Waals surface area (Å²) in [5, 5.41) is 0.978. The lowest BCUT2D eigenvalue weighted by Crippen LogP contribution is -2.46. The minimum absolute atomic E-state index is 0.0731. The van der Waals surface area contributed by atoms with Gasteiger partial charge in [0.05, 0.1) is 12.7 Å². The van der Waals surface area contributed by atoms with E-state index < -0.39 is 0 Å². The van der Waals surface area contributed by atoms with Gasteiger partial charge in [-0.15, -0.1) is 0 Å². The summed E-state index contributed by atoms with van der Waals surface area (Å²) in [6, 6.07) is 7.60. The smallest absolute Gasteiger partial charge is 0.254 e. The molecule has 0 bridgehead atoms. The van der Waals surface area contributed by atoms with Crippen LogP contribution < -0.4 is 0 Å². The quantitative estimate of drug-likeness (QED) is 0.869. The van der Waals surface area contributed by atoms with Crippen LogP contribution >= 0.6 is 0 Å². The molecule has 5 nitrogen and oxygen atoms in total. The number of fused-ring (bicyclic) bond motifs is 1. The van der Waals surface area contributed by atoms with Crippen molar-refractivity contribution < 1.29 is 13.9 Å². The third kappa shape index (κ3) is 3.74. The lowest BCUT2D eigenvalue weighted by atomic mass is 10.1. The third-order valence-electron chi connectivity index (χ3n) is 4.21. The van der Waals surface area contributed by atoms with Crippen LogP contribution in [0.15, 0.2) is 28.7 Å². The molecule has 23 heavy (non-hydrogen) atoms. The van der Waals surface area contributed by atoms with Gasteiger partial charge in [-0.1, -0.05) is 0 Å². The van der Waals surface area contributed by atoms with Crippen LogP contribution in [0, 0.1) is 6.92 Å². The van der Waals surface area contributed by atoms with E-state index in [1.165, 1.54) is 0 Å². The monoisotopic (exact) mass is 316 g/mol. The van der Waals surface area contributed by atoms with Crippen molar-refractivity contribution in [2.45, 2.75) is 19.4 Å². The summed E-state index contributed by atoms with van der Waals surface area (Å²) in [7, 11) is 4.10. The summed E-state index contributed by atoms with van der Waals surface area (Å²) < 4.78 is 11.4. The maximum Gasteiger partial charge on any atom is 0.254 e. The zero-order valence-electron chi connectivity index (χ0n) is 14.0. The van der Waals surface area contributed by atoms with Crippen LogP contribution in [-0.4, -0.2) is 62.1 Å². The fourth-order valence-electron chi connectivity index (χ4n) is 2.97. The molecule has 2 aromatic rings. The van der Waals surface area contributed by atoms with Gasteiger partial charge in [0.15, 0.2) is 0 Å². The molecule has 1 atom stereocenters. The number of carbonyl (C=O) groups excluding carboxylic acids is 1. The van der Waals surface area contributed by atoms with Crippen LogP contribution in [0.2, 0.25) is 0 Å². The molecule has 0 aliphatic carbocycles. The third-order valence-corrected chi connectivity index (χ3v) is 4.21. The number of furan rings is 1. The second kappa shape index (κ2) is 6.72. The Morgan fingerprint density at radius 1 is 1.35 bits per heavy atom. The molecule has 2 heterocycles. The highest BCUT2D eigenvalue weighted by molar-refractivity contribution is 5.97. The number of benzene rings is 1. The number of nitrogens with zero attached hydrogens (tertiary/aromatic N) is 2. The van der Waals surface area contributed by atoms with E-state index in [-0.39, 0.29) is 12.0 Å². The first-order valence-corrected chi connectivity index (χ1v) is 8.09. The summed E-state index contributed by atoms with van der Waals surface area (Å²) in [4.78, 5) is 16.8. The van der Waals surface area contributed by atoms with Gasteiger partial charge < -0.3 is 19.0 Å². The van der Waals surface area contributed by atoms with E-state index in [0.29, 0.717) is 25.3 Å². The topological polar surface area (TPSA) is 45.9 Å². The highest BCUT2D eigenvalue weighted by Crippen LogP contribution is 2.21. The molecule has 1 amide bonds. The average Bonchev–Trinajstić information content (AvgIpc) is 2.91. The van der Waals surface area contributed by atoms with Crippen LogP contribution in [0.25, 0.3) is 11.0 Å². The first-order chi connectivity index (χ1) is 11.0. The minimum Gasteiger partial charge on any atom is -0.461 e. The maximum absolute atomic E-state index is 12.8. The van der Waals surface area contributed by atoms with Gasteiger partial charge in [0.1, 0.15) is 11.3 Å². The molecule has 1 aromatic carbocycles. The number of aryl methyl sites for hydroxylation is 1. The Balaban J connectivity index is 1.70. The number of amides is 1. The Labute approximate surface area is 136 Å². The van der Waals surface area contributed by atoms with Crippen LogP contribution in [0.4, 0.5) is 0 Å². The van der Waals surface area contributed by atoms with Crippen molar-refractivity contribution in [1.29, 1.82) is 0 Å². The second-order valence-corrected chi connectivity index (χ2v) is 6.45. The first-order valence-electron chi connectivity index (χ1n) is 8.09. The highest BCUT2D eigenvalue weighted by atomic mass is 16.5. The fourth-order valence-corrected chi connectivity index (χ4v) is 2.97. The SMILES string of the molecule is Cc1cc2cc(C(=O)N3CCOC(CCN(C)C)C3)ccc2o1. The summed E-state index contributed by atoms with van der Waals surface area (Å²) in [6.45, 7) is 4.80. The Kier molecular flexibility index (Phi) is 4.68. The average molecular weight is 316 g/mol. The van der Waals surface area contributed by atoms with Crippen molar-refractivity contribution in [3.8, 4) is 0 Å². The molecule has 0 N–H and O–H groups in total. The van der Waals surface area contributed by atoms with Crippen molar-refractivity contribution in [3.63, 3.8) is 0 Å². The summed E-state index contributed by atoms with van der Waals surface area (Å²) in [5.41, 5.74) is 1.54. The predicted octanol–water partition coefficient (Wildman–Crippen LogP) is 2.53. The molecule has 0 saturated carbocycles. The van der Waals surface area contributed by atoms with Crippen LogP contribution in [-0.2, 0) is 4.74 Å². The number of ether oxygens (including phenoxy) is 1. The van der Waals surface area contributed by atoms with Gasteiger partial charge >= 0.3 is 0 Å². The fraction of sp³-hybridized carbons (Fsp3) is 0.500. The van der Waals surface area contributed by atoms with E-state index in [2.05, 4.69) is 4.90 Å². The van der Waals surface area contributed by atoms with Gasteiger partial charge in [0.2, 0.25) is 0 Å². The minimum atomic E-state index is 0.0731. The van der Waals surface area contributed by atoms with Gasteiger partial charge in [-0.25, -0.2) is 0 Å². The predicted molar refractivity (Wildman–Crippen MR) is 89.8 cm³/mol. The van der Waals surface area contributed by atoms with E-state index in [0.717, 1.165) is 29.7 Å². The van der Waals surface area contributed by atoms with E-state index in [4.69, 9.17) is 9.15 Å². The maximum atomic E-state index is 12.8. The highest BCUT2D eigenvalue weighted by Gasteiger charge is 2.25. The van der Waals surface area contributed by atoms with E-state index in [1.54, 1.807) is 0 Å². The van der Waals surface area contributed by atoms with Gasteiger partial charge in [0.25, 0.3) is 5.91 Å². The normalized spacial score (nSPS) is 18.8. The van der Waals surface area contributed by atoms with Crippen molar-refractivity contribution in [2.24, 2.45) is 0 Å². The molecule has 1 unspecified atom stereocenters. The lowest BCUT2D eigenvalue weighted by Gasteiger charge is -2.33. The number of morpholine rings is 1. The van der Waals surface area contributed by atoms with Gasteiger partial charge in [0, 0.05) is 30.6 Å². The molecule has 1 aliphatic rings. The first kappa shape index (κ1) is 16.0. The summed E-state index contributed by atoms with van der Waals surface area (Å²) in [5.74, 6) is 0.934. The molecule has 0 radical (unpaired) electrons. The van der Waals surface area contributed by atoms with Crippen LogP contribution in [0.3, 0.4) is 0 Å². The molecular weight excluding hydrogens is 292 g/mol. The van der Waals surface area contributed by atoms with Gasteiger partial charge in [-0.3, -0.25) is 4.79 Å². The molecule has 0 spiro atoms. The van der Waals surface area contributed by atoms with Gasteiger partial charge in [-0.2, -0.15) is 0 Å². The van der Waals surface area contributed by atoms with Crippen molar-refractivity contribution in [2.75, 3.05) is 40.3 Å². The Bertz CT molecular complexity index is 693. The zero-order valence-corrected chi connectivity index (χ0v) is 14.0. The van der Waals surface area contributed by atoms with Crippen LogP contribution in [0.1, 0.15) is 22.5 Å². The molecule has 1 aliphatic heterocycles. The Morgan fingerprint density at radius 3 is 2.96 bits per heavy atom. The van der Waals surface area contributed by atoms with Crippen molar-refractivity contribution in [3.05, 3.63) is 35.6 Å². The molecule has 3 rings (SSSR count). The summed E-state index contributed by atoms with van der Waals surface area (Å²) in [6.07, 6.45) is 1.06. The molecule has 5 heteroatoms. The van der Waals surface area contributed by atoms with Crippen molar-refractivity contribution in [1.82, 2.24) is 9.80 Å². The zero-order chi connectivity index (χ0) is 16.4. The van der Waals surface area contributed by atoms with Crippen molar-refractivity contribution >= 4 is 16.9 Å². The molecule has 1 aromatic heterocycles. The van der Waals surface area contributed by atoms with E-state index in [9.17, 15) is 4.79 Å². The molecule has 1 fully saturated rings. The standard InChI is InChI=1S/C18H24N2O3/c1-13-10-15-11-14(4-5-17(15)23-13)18(21)20-8-9-22-16(12-20)6-7-19(2)3/h4-5,10-11,16H,6-9,12H2,1-3H3. The Hall–Kier alpha value is -1.85. The number of hydrogen-bond donors (Lipinski definition) is 0. The number of hydrogen-bond acceptors (Lipinski definition) is 4. The molecule has 124 valence electrons. The van der Waals surface area contributed by atoms with E-state index >= 15 is 0 Å². The Morgan fingerprint density at radius 2 is 2.17 bits per heavy atom. The molecular formula is C18H24N2O3. The summed E-state index contributed by atoms with van der Waals surface area (Å²) >= 11 is 0. The van der Waals surface area contributed by atoms with Gasteiger partial charge in [-0.05, 0) is 51.7 Å². The van der Waals surface area contributed by atoms with E-state index in [1.807, 2.05) is 50.2 Å². The second-order valence-electron chi connectivity index (χ2n) is 6.45. The number of rotatable bonds is 4.